The van der Waals surface area contributed by atoms with E-state index in [0.717, 1.165) is 0 Å². The molecule has 1 aliphatic rings. The van der Waals surface area contributed by atoms with Gasteiger partial charge in [-0.25, -0.2) is 4.98 Å². The summed E-state index contributed by atoms with van der Waals surface area (Å²) >= 11 is 9.23. The maximum absolute atomic E-state index is 11.6. The maximum atomic E-state index is 11.6. The number of fused-ring (bicyclic) bond motifs is 1. The molecule has 1 aliphatic heterocycles. The van der Waals surface area contributed by atoms with Gasteiger partial charge < -0.3 is 14.5 Å². The average Bonchev–Trinajstić information content (AvgIpc) is 2.42. The highest BCUT2D eigenvalue weighted by Crippen LogP contribution is 2.40. The Bertz CT molecular complexity index is 702. The van der Waals surface area contributed by atoms with Crippen molar-refractivity contribution >= 4 is 27.5 Å². The second-order valence-corrected chi connectivity index (χ2v) is 5.15. The molecule has 0 saturated heterocycles. The van der Waals surface area contributed by atoms with Gasteiger partial charge in [-0.3, -0.25) is 4.79 Å². The summed E-state index contributed by atoms with van der Waals surface area (Å²) in [5.74, 6) is 1.50. The molecule has 2 heterocycles. The van der Waals surface area contributed by atoms with Crippen molar-refractivity contribution in [2.24, 2.45) is 0 Å². The minimum Gasteiger partial charge on any atom is -0.486 e. The molecule has 7 heteroatoms. The smallest absolute Gasteiger partial charge is 0.265 e. The first-order chi connectivity index (χ1) is 9.15. The van der Waals surface area contributed by atoms with E-state index in [-0.39, 0.29) is 5.56 Å². The van der Waals surface area contributed by atoms with E-state index in [1.165, 1.54) is 6.20 Å². The van der Waals surface area contributed by atoms with Crippen LogP contribution in [0.2, 0.25) is 5.02 Å². The Morgan fingerprint density at radius 1 is 1.32 bits per heavy atom. The molecule has 0 bridgehead atoms. The lowest BCUT2D eigenvalue weighted by atomic mass is 10.2. The van der Waals surface area contributed by atoms with Crippen LogP contribution in [0.25, 0.3) is 11.4 Å². The summed E-state index contributed by atoms with van der Waals surface area (Å²) in [7, 11) is 0. The van der Waals surface area contributed by atoms with E-state index < -0.39 is 0 Å². The van der Waals surface area contributed by atoms with E-state index in [9.17, 15) is 4.79 Å². The van der Waals surface area contributed by atoms with E-state index in [2.05, 4.69) is 25.9 Å². The lowest BCUT2D eigenvalue weighted by Gasteiger charge is -2.20. The molecule has 3 rings (SSSR count). The predicted molar refractivity (Wildman–Crippen MR) is 74.0 cm³/mol. The van der Waals surface area contributed by atoms with Crippen molar-refractivity contribution in [3.8, 4) is 22.9 Å². The van der Waals surface area contributed by atoms with Gasteiger partial charge in [0.25, 0.3) is 5.56 Å². The summed E-state index contributed by atoms with van der Waals surface area (Å²) in [6, 6.07) is 3.42. The summed E-state index contributed by atoms with van der Waals surface area (Å²) in [5.41, 5.74) is 0.412. The third-order valence-corrected chi connectivity index (χ3v) is 3.47. The number of rotatable bonds is 1. The fourth-order valence-corrected chi connectivity index (χ4v) is 2.24. The number of ether oxygens (including phenoxy) is 2. The SMILES string of the molecule is O=c1[nH]c(-c2cc(Cl)c3c(c2)OCCO3)ncc1Br. The predicted octanol–water partition coefficient (Wildman–Crippen LogP) is 2.62. The molecule has 0 fully saturated rings. The maximum Gasteiger partial charge on any atom is 0.265 e. The molecule has 5 nitrogen and oxygen atoms in total. The molecule has 0 spiro atoms. The third-order valence-electron chi connectivity index (χ3n) is 2.63. The minimum atomic E-state index is -0.254. The minimum absolute atomic E-state index is 0.254. The summed E-state index contributed by atoms with van der Waals surface area (Å²) in [5, 5.41) is 0.428. The highest BCUT2D eigenvalue weighted by atomic mass is 79.9. The van der Waals surface area contributed by atoms with Crippen LogP contribution >= 0.6 is 27.5 Å². The van der Waals surface area contributed by atoms with Gasteiger partial charge in [-0.15, -0.1) is 0 Å². The molecule has 1 N–H and O–H groups in total. The Hall–Kier alpha value is -1.53. The van der Waals surface area contributed by atoms with Gasteiger partial charge >= 0.3 is 0 Å². The molecule has 19 heavy (non-hydrogen) atoms. The first-order valence-electron chi connectivity index (χ1n) is 5.49. The molecule has 0 radical (unpaired) electrons. The van der Waals surface area contributed by atoms with Crippen LogP contribution in [0, 0.1) is 0 Å². The second-order valence-electron chi connectivity index (χ2n) is 3.89. The first-order valence-corrected chi connectivity index (χ1v) is 6.66. The zero-order chi connectivity index (χ0) is 13.4. The Morgan fingerprint density at radius 2 is 2.11 bits per heavy atom. The Balaban J connectivity index is 2.12. The number of nitrogens with zero attached hydrogens (tertiary/aromatic N) is 1. The number of aromatic nitrogens is 2. The Morgan fingerprint density at radius 3 is 2.89 bits per heavy atom. The molecule has 1 aromatic heterocycles. The third kappa shape index (κ3) is 2.33. The van der Waals surface area contributed by atoms with Crippen molar-refractivity contribution in [2.75, 3.05) is 13.2 Å². The molecule has 0 unspecified atom stereocenters. The van der Waals surface area contributed by atoms with Crippen LogP contribution < -0.4 is 15.0 Å². The normalized spacial score (nSPS) is 13.4. The van der Waals surface area contributed by atoms with Crippen LogP contribution in [-0.4, -0.2) is 23.2 Å². The van der Waals surface area contributed by atoms with Gasteiger partial charge in [0.2, 0.25) is 0 Å². The van der Waals surface area contributed by atoms with E-state index in [4.69, 9.17) is 21.1 Å². The van der Waals surface area contributed by atoms with Crippen LogP contribution in [0.1, 0.15) is 0 Å². The average molecular weight is 344 g/mol. The molecular formula is C12H8BrClN2O3. The van der Waals surface area contributed by atoms with Crippen LogP contribution in [0.3, 0.4) is 0 Å². The fourth-order valence-electron chi connectivity index (χ4n) is 1.77. The molecule has 0 amide bonds. The van der Waals surface area contributed by atoms with E-state index in [0.29, 0.717) is 45.6 Å². The second kappa shape index (κ2) is 4.86. The van der Waals surface area contributed by atoms with Crippen LogP contribution in [0.5, 0.6) is 11.5 Å². The number of aromatic amines is 1. The van der Waals surface area contributed by atoms with E-state index in [1.807, 2.05) is 0 Å². The molecule has 98 valence electrons. The molecular weight excluding hydrogens is 335 g/mol. The molecule has 0 saturated carbocycles. The highest BCUT2D eigenvalue weighted by Gasteiger charge is 2.18. The molecule has 2 aromatic rings. The van der Waals surface area contributed by atoms with Crippen LogP contribution in [-0.2, 0) is 0 Å². The van der Waals surface area contributed by atoms with E-state index in [1.54, 1.807) is 12.1 Å². The summed E-state index contributed by atoms with van der Waals surface area (Å²) in [6.45, 7) is 0.941. The van der Waals surface area contributed by atoms with Crippen LogP contribution in [0.15, 0.2) is 27.6 Å². The van der Waals surface area contributed by atoms with Gasteiger partial charge in [0.05, 0.1) is 5.02 Å². The van der Waals surface area contributed by atoms with Gasteiger partial charge in [0.1, 0.15) is 23.5 Å². The van der Waals surface area contributed by atoms with Crippen molar-refractivity contribution < 1.29 is 9.47 Å². The van der Waals surface area contributed by atoms with Crippen molar-refractivity contribution in [1.29, 1.82) is 0 Å². The quantitative estimate of drug-likeness (QED) is 0.864. The lowest BCUT2D eigenvalue weighted by Crippen LogP contribution is -2.16. The van der Waals surface area contributed by atoms with Gasteiger partial charge in [0, 0.05) is 11.8 Å². The first kappa shape index (κ1) is 12.5. The highest BCUT2D eigenvalue weighted by molar-refractivity contribution is 9.10. The zero-order valence-corrected chi connectivity index (χ0v) is 11.9. The summed E-state index contributed by atoms with van der Waals surface area (Å²) in [4.78, 5) is 18.4. The van der Waals surface area contributed by atoms with Gasteiger partial charge in [-0.2, -0.15) is 0 Å². The largest absolute Gasteiger partial charge is 0.486 e. The zero-order valence-electron chi connectivity index (χ0n) is 9.57. The van der Waals surface area contributed by atoms with Crippen molar-refractivity contribution in [2.45, 2.75) is 0 Å². The number of H-pyrrole nitrogens is 1. The lowest BCUT2D eigenvalue weighted by molar-refractivity contribution is 0.172. The van der Waals surface area contributed by atoms with Crippen molar-refractivity contribution in [3.63, 3.8) is 0 Å². The molecule has 1 aromatic carbocycles. The van der Waals surface area contributed by atoms with Gasteiger partial charge in [-0.05, 0) is 28.1 Å². The fraction of sp³-hybridized carbons (Fsp3) is 0.167. The van der Waals surface area contributed by atoms with Crippen LogP contribution in [0.4, 0.5) is 0 Å². The van der Waals surface area contributed by atoms with E-state index >= 15 is 0 Å². The summed E-state index contributed by atoms with van der Waals surface area (Å²) in [6.07, 6.45) is 1.44. The number of halogens is 2. The molecule has 0 atom stereocenters. The van der Waals surface area contributed by atoms with Crippen molar-refractivity contribution in [3.05, 3.63) is 38.2 Å². The number of benzene rings is 1. The van der Waals surface area contributed by atoms with Gasteiger partial charge in [-0.1, -0.05) is 11.6 Å². The Labute approximate surface area is 121 Å². The number of nitrogens with one attached hydrogen (secondary N) is 1. The summed E-state index contributed by atoms with van der Waals surface area (Å²) < 4.78 is 11.3. The number of hydrogen-bond donors (Lipinski definition) is 1. The monoisotopic (exact) mass is 342 g/mol. The van der Waals surface area contributed by atoms with Crippen molar-refractivity contribution in [1.82, 2.24) is 9.97 Å². The van der Waals surface area contributed by atoms with Gasteiger partial charge in [0.15, 0.2) is 11.5 Å². The topological polar surface area (TPSA) is 64.2 Å². The molecule has 0 aliphatic carbocycles. The number of hydrogen-bond acceptors (Lipinski definition) is 4. The standard InChI is InChI=1S/C12H8BrClN2O3/c13-7-5-15-11(16-12(7)17)6-3-8(14)10-9(4-6)18-1-2-19-10/h3-5H,1-2H2,(H,15,16,17). The Kier molecular flexibility index (Phi) is 3.20.